The molecule has 0 radical (unpaired) electrons. The van der Waals surface area contributed by atoms with Gasteiger partial charge in [0.05, 0.1) is 10.7 Å². The van der Waals surface area contributed by atoms with Crippen LogP contribution in [0.15, 0.2) is 78.4 Å². The minimum atomic E-state index is -0.843. The first-order valence-electron chi connectivity index (χ1n) is 10.3. The molecule has 0 bridgehead atoms. The molecule has 0 unspecified atom stereocenters. The number of nitrogens with zero attached hydrogens (tertiary/aromatic N) is 1. The molecule has 5 amide bonds. The Balaban J connectivity index is 1.46. The third-order valence-electron chi connectivity index (χ3n) is 4.87. The van der Waals surface area contributed by atoms with Crippen molar-refractivity contribution >= 4 is 52.8 Å². The SMILES string of the molecule is O=C(COc1ccc(C=C2C(=O)NC(=O)N(c3ccccc3)C2=O)cc1Cl)Nc1ccc(F)cc1. The van der Waals surface area contributed by atoms with Crippen LogP contribution in [0.25, 0.3) is 6.08 Å². The summed E-state index contributed by atoms with van der Waals surface area (Å²) >= 11 is 6.25. The number of para-hydroxylation sites is 1. The molecule has 0 aromatic heterocycles. The summed E-state index contributed by atoms with van der Waals surface area (Å²) < 4.78 is 18.4. The van der Waals surface area contributed by atoms with E-state index < -0.39 is 29.6 Å². The lowest BCUT2D eigenvalue weighted by Crippen LogP contribution is -2.54. The minimum Gasteiger partial charge on any atom is -0.482 e. The summed E-state index contributed by atoms with van der Waals surface area (Å²) in [4.78, 5) is 50.4. The zero-order valence-electron chi connectivity index (χ0n) is 18.0. The van der Waals surface area contributed by atoms with Crippen LogP contribution in [0.3, 0.4) is 0 Å². The first-order chi connectivity index (χ1) is 16.8. The molecule has 1 fully saturated rings. The van der Waals surface area contributed by atoms with Crippen molar-refractivity contribution in [1.29, 1.82) is 0 Å². The van der Waals surface area contributed by atoms with Crippen LogP contribution >= 0.6 is 11.6 Å². The second-order valence-corrected chi connectivity index (χ2v) is 7.73. The number of carbonyl (C=O) groups is 4. The molecular formula is C25H17ClFN3O5. The van der Waals surface area contributed by atoms with Crippen LogP contribution in [0.5, 0.6) is 5.75 Å². The monoisotopic (exact) mass is 493 g/mol. The fraction of sp³-hybridized carbons (Fsp3) is 0.0400. The van der Waals surface area contributed by atoms with Crippen LogP contribution in [0.1, 0.15) is 5.56 Å². The Bertz CT molecular complexity index is 1340. The predicted octanol–water partition coefficient (Wildman–Crippen LogP) is 4.16. The minimum absolute atomic E-state index is 0.133. The Labute approximate surface area is 203 Å². The highest BCUT2D eigenvalue weighted by atomic mass is 35.5. The fourth-order valence-electron chi connectivity index (χ4n) is 3.23. The highest BCUT2D eigenvalue weighted by Crippen LogP contribution is 2.28. The number of carbonyl (C=O) groups excluding carboxylic acids is 4. The number of hydrogen-bond acceptors (Lipinski definition) is 5. The zero-order valence-corrected chi connectivity index (χ0v) is 18.7. The van der Waals surface area contributed by atoms with E-state index in [1.165, 1.54) is 48.5 Å². The third-order valence-corrected chi connectivity index (χ3v) is 5.17. The van der Waals surface area contributed by atoms with Gasteiger partial charge in [-0.3, -0.25) is 19.7 Å². The number of ether oxygens (including phenoxy) is 1. The highest BCUT2D eigenvalue weighted by Gasteiger charge is 2.36. The smallest absolute Gasteiger partial charge is 0.335 e. The number of anilines is 2. The molecule has 4 rings (SSSR count). The molecule has 3 aromatic rings. The van der Waals surface area contributed by atoms with Crippen molar-refractivity contribution in [1.82, 2.24) is 5.32 Å². The first kappa shape index (κ1) is 23.7. The van der Waals surface area contributed by atoms with Gasteiger partial charge in [-0.25, -0.2) is 14.1 Å². The Morgan fingerprint density at radius 1 is 1.03 bits per heavy atom. The highest BCUT2D eigenvalue weighted by molar-refractivity contribution is 6.39. The second kappa shape index (κ2) is 10.2. The predicted molar refractivity (Wildman–Crippen MR) is 127 cm³/mol. The lowest BCUT2D eigenvalue weighted by atomic mass is 10.1. The van der Waals surface area contributed by atoms with E-state index in [0.717, 1.165) is 4.90 Å². The van der Waals surface area contributed by atoms with Gasteiger partial charge in [-0.05, 0) is 60.2 Å². The topological polar surface area (TPSA) is 105 Å². The Hall–Kier alpha value is -4.50. The van der Waals surface area contributed by atoms with Crippen molar-refractivity contribution in [3.05, 3.63) is 94.8 Å². The van der Waals surface area contributed by atoms with Crippen LogP contribution in [0.4, 0.5) is 20.6 Å². The molecule has 0 spiro atoms. The van der Waals surface area contributed by atoms with Crippen molar-refractivity contribution in [2.45, 2.75) is 0 Å². The summed E-state index contributed by atoms with van der Waals surface area (Å²) in [5, 5.41) is 4.84. The van der Waals surface area contributed by atoms with Gasteiger partial charge < -0.3 is 10.1 Å². The van der Waals surface area contributed by atoms with Crippen LogP contribution in [-0.4, -0.2) is 30.4 Å². The van der Waals surface area contributed by atoms with Gasteiger partial charge in [0.15, 0.2) is 6.61 Å². The van der Waals surface area contributed by atoms with Crippen LogP contribution < -0.4 is 20.3 Å². The molecule has 2 N–H and O–H groups in total. The van der Waals surface area contributed by atoms with E-state index in [1.54, 1.807) is 30.3 Å². The van der Waals surface area contributed by atoms with Crippen LogP contribution in [-0.2, 0) is 14.4 Å². The number of nitrogens with one attached hydrogen (secondary N) is 2. The molecule has 0 saturated carbocycles. The summed E-state index contributed by atoms with van der Waals surface area (Å²) in [6.07, 6.45) is 1.30. The van der Waals surface area contributed by atoms with E-state index in [2.05, 4.69) is 10.6 Å². The third kappa shape index (κ3) is 5.53. The second-order valence-electron chi connectivity index (χ2n) is 7.33. The molecule has 1 saturated heterocycles. The molecule has 176 valence electrons. The summed E-state index contributed by atoms with van der Waals surface area (Å²) in [5.74, 6) is -2.31. The van der Waals surface area contributed by atoms with E-state index in [0.29, 0.717) is 16.9 Å². The molecular weight excluding hydrogens is 477 g/mol. The number of benzene rings is 3. The van der Waals surface area contributed by atoms with E-state index in [1.807, 2.05) is 0 Å². The normalized spacial score (nSPS) is 14.6. The Morgan fingerprint density at radius 2 is 1.74 bits per heavy atom. The maximum atomic E-state index is 13.0. The summed E-state index contributed by atoms with van der Waals surface area (Å²) in [7, 11) is 0. The zero-order chi connectivity index (χ0) is 24.9. The van der Waals surface area contributed by atoms with Gasteiger partial charge in [0, 0.05) is 5.69 Å². The quantitative estimate of drug-likeness (QED) is 0.396. The average molecular weight is 494 g/mol. The Morgan fingerprint density at radius 3 is 2.43 bits per heavy atom. The van der Waals surface area contributed by atoms with Crippen LogP contribution in [0.2, 0.25) is 5.02 Å². The number of hydrogen-bond donors (Lipinski definition) is 2. The van der Waals surface area contributed by atoms with E-state index >= 15 is 0 Å². The summed E-state index contributed by atoms with van der Waals surface area (Å²) in [5.41, 5.74) is 0.872. The molecule has 1 heterocycles. The van der Waals surface area contributed by atoms with Crippen molar-refractivity contribution in [3.63, 3.8) is 0 Å². The largest absolute Gasteiger partial charge is 0.482 e. The molecule has 10 heteroatoms. The van der Waals surface area contributed by atoms with E-state index in [-0.39, 0.29) is 23.0 Å². The first-order valence-corrected chi connectivity index (χ1v) is 10.6. The van der Waals surface area contributed by atoms with Crippen LogP contribution in [0, 0.1) is 5.82 Å². The average Bonchev–Trinajstić information content (AvgIpc) is 2.83. The fourth-order valence-corrected chi connectivity index (χ4v) is 3.48. The molecule has 3 aromatic carbocycles. The van der Waals surface area contributed by atoms with Crippen molar-refractivity contribution in [2.24, 2.45) is 0 Å². The van der Waals surface area contributed by atoms with Gasteiger partial charge in [0.1, 0.15) is 17.1 Å². The number of amides is 5. The van der Waals surface area contributed by atoms with Crippen molar-refractivity contribution in [2.75, 3.05) is 16.8 Å². The Kier molecular flexibility index (Phi) is 6.88. The van der Waals surface area contributed by atoms with Gasteiger partial charge in [0.2, 0.25) is 0 Å². The lowest BCUT2D eigenvalue weighted by Gasteiger charge is -2.26. The molecule has 35 heavy (non-hydrogen) atoms. The maximum Gasteiger partial charge on any atom is 0.335 e. The lowest BCUT2D eigenvalue weighted by molar-refractivity contribution is -0.122. The van der Waals surface area contributed by atoms with Gasteiger partial charge in [-0.2, -0.15) is 0 Å². The number of imide groups is 2. The standard InChI is InChI=1S/C25H17ClFN3O5/c26-20-13-15(6-11-21(20)35-14-22(31)28-17-9-7-16(27)8-10-17)12-19-23(32)29-25(34)30(24(19)33)18-4-2-1-3-5-18/h1-13H,14H2,(H,28,31)(H,29,32,34). The van der Waals surface area contributed by atoms with Gasteiger partial charge in [0.25, 0.3) is 17.7 Å². The molecule has 1 aliphatic heterocycles. The maximum absolute atomic E-state index is 13.0. The number of halogens is 2. The van der Waals surface area contributed by atoms with Gasteiger partial charge in [-0.1, -0.05) is 35.9 Å². The van der Waals surface area contributed by atoms with E-state index in [9.17, 15) is 23.6 Å². The van der Waals surface area contributed by atoms with Crippen molar-refractivity contribution in [3.8, 4) is 5.75 Å². The molecule has 0 aliphatic carbocycles. The van der Waals surface area contributed by atoms with E-state index in [4.69, 9.17) is 16.3 Å². The van der Waals surface area contributed by atoms with Gasteiger partial charge in [-0.15, -0.1) is 0 Å². The number of urea groups is 1. The molecule has 0 atom stereocenters. The summed E-state index contributed by atoms with van der Waals surface area (Å²) in [6, 6.07) is 17.1. The number of rotatable bonds is 6. The van der Waals surface area contributed by atoms with Crippen molar-refractivity contribution < 1.29 is 28.3 Å². The molecule has 1 aliphatic rings. The molecule has 8 nitrogen and oxygen atoms in total. The van der Waals surface area contributed by atoms with Gasteiger partial charge >= 0.3 is 6.03 Å². The number of barbiturate groups is 1. The summed E-state index contributed by atoms with van der Waals surface area (Å²) in [6.45, 7) is -0.355.